The zero-order chi connectivity index (χ0) is 12.7. The van der Waals surface area contributed by atoms with Gasteiger partial charge >= 0.3 is 0 Å². The van der Waals surface area contributed by atoms with Crippen LogP contribution in [-0.4, -0.2) is 26.3 Å². The van der Waals surface area contributed by atoms with Gasteiger partial charge in [0, 0.05) is 5.56 Å². The van der Waals surface area contributed by atoms with Gasteiger partial charge in [-0.15, -0.1) is 0 Å². The summed E-state index contributed by atoms with van der Waals surface area (Å²) in [6.45, 7) is 3.62. The molecule has 0 aliphatic rings. The lowest BCUT2D eigenvalue weighted by atomic mass is 10.2. The maximum Gasteiger partial charge on any atom is 0.222 e. The zero-order valence-electron chi connectivity index (χ0n) is 10.4. The summed E-state index contributed by atoms with van der Waals surface area (Å²) in [5.74, 6) is -0.824. The number of benzene rings is 1. The van der Waals surface area contributed by atoms with Crippen molar-refractivity contribution in [2.75, 3.05) is 20.3 Å². The molecule has 1 rings (SSSR count). The molecule has 0 spiro atoms. The molecule has 0 heterocycles. The molecule has 0 bridgehead atoms. The summed E-state index contributed by atoms with van der Waals surface area (Å²) in [4.78, 5) is 12.1. The van der Waals surface area contributed by atoms with Crippen molar-refractivity contribution >= 4 is 5.97 Å². The maximum absolute atomic E-state index is 10.8. The third-order valence-electron chi connectivity index (χ3n) is 2.54. The van der Waals surface area contributed by atoms with Crippen LogP contribution in [0.1, 0.15) is 30.1 Å². The Balaban J connectivity index is 2.54. The summed E-state index contributed by atoms with van der Waals surface area (Å²) >= 11 is 0. The van der Waals surface area contributed by atoms with Gasteiger partial charge in [-0.1, -0.05) is 25.5 Å². The number of para-hydroxylation sites is 1. The zero-order valence-corrected chi connectivity index (χ0v) is 10.4. The molecule has 1 aromatic rings. The van der Waals surface area contributed by atoms with Crippen molar-refractivity contribution in [3.8, 4) is 5.75 Å². The number of ether oxygens (including phenoxy) is 1. The molecule has 0 saturated carbocycles. The Hall–Kier alpha value is -1.55. The molecule has 1 atom stereocenters. The fourth-order valence-corrected chi connectivity index (χ4v) is 1.51. The van der Waals surface area contributed by atoms with Crippen molar-refractivity contribution in [3.05, 3.63) is 29.8 Å². The Morgan fingerprint density at radius 2 is 2.12 bits per heavy atom. The van der Waals surface area contributed by atoms with E-state index in [-0.39, 0.29) is 5.56 Å². The van der Waals surface area contributed by atoms with Crippen molar-refractivity contribution in [1.82, 2.24) is 0 Å². The maximum atomic E-state index is 10.8. The van der Waals surface area contributed by atoms with Gasteiger partial charge in [0.15, 0.2) is 0 Å². The van der Waals surface area contributed by atoms with Gasteiger partial charge in [-0.3, -0.25) is 0 Å². The number of hydrogen-bond acceptors (Lipinski definition) is 3. The SMILES string of the molecule is CCCC[NH+](C)COc1ccccc1C(=O)[O-]. The van der Waals surface area contributed by atoms with Crippen LogP contribution in [0.5, 0.6) is 5.75 Å². The minimum absolute atomic E-state index is 0.107. The number of hydrogen-bond donors (Lipinski definition) is 1. The lowest BCUT2D eigenvalue weighted by molar-refractivity contribution is -0.896. The van der Waals surface area contributed by atoms with E-state index in [2.05, 4.69) is 6.92 Å². The van der Waals surface area contributed by atoms with Crippen molar-refractivity contribution in [1.29, 1.82) is 0 Å². The molecule has 0 amide bonds. The summed E-state index contributed by atoms with van der Waals surface area (Å²) in [7, 11) is 2.03. The molecule has 1 N–H and O–H groups in total. The number of rotatable bonds is 7. The van der Waals surface area contributed by atoms with E-state index in [1.165, 1.54) is 11.0 Å². The average molecular weight is 237 g/mol. The van der Waals surface area contributed by atoms with Crippen molar-refractivity contribution in [2.24, 2.45) is 0 Å². The molecule has 0 aliphatic carbocycles. The summed E-state index contributed by atoms with van der Waals surface area (Å²) in [6, 6.07) is 6.55. The van der Waals surface area contributed by atoms with Crippen LogP contribution in [-0.2, 0) is 0 Å². The summed E-state index contributed by atoms with van der Waals surface area (Å²) in [5, 5.41) is 10.8. The second-order valence-electron chi connectivity index (χ2n) is 4.13. The van der Waals surface area contributed by atoms with E-state index in [0.717, 1.165) is 19.4 Å². The third kappa shape index (κ3) is 4.44. The largest absolute Gasteiger partial charge is 0.545 e. The van der Waals surface area contributed by atoms with Crippen molar-refractivity contribution < 1.29 is 19.5 Å². The predicted octanol–water partition coefficient (Wildman–Crippen LogP) is -0.299. The van der Waals surface area contributed by atoms with Crippen LogP contribution in [0.2, 0.25) is 0 Å². The number of carbonyl (C=O) groups excluding carboxylic acids is 1. The molecule has 4 nitrogen and oxygen atoms in total. The summed E-state index contributed by atoms with van der Waals surface area (Å²) in [6.07, 6.45) is 2.28. The predicted molar refractivity (Wildman–Crippen MR) is 62.9 cm³/mol. The van der Waals surface area contributed by atoms with Gasteiger partial charge in [0.25, 0.3) is 0 Å². The minimum atomic E-state index is -1.20. The van der Waals surface area contributed by atoms with Crippen LogP contribution in [0, 0.1) is 0 Å². The van der Waals surface area contributed by atoms with Gasteiger partial charge in [-0.05, 0) is 18.6 Å². The van der Waals surface area contributed by atoms with E-state index in [1.807, 2.05) is 7.05 Å². The first kappa shape index (κ1) is 13.5. The smallest absolute Gasteiger partial charge is 0.222 e. The average Bonchev–Trinajstić information content (AvgIpc) is 2.34. The van der Waals surface area contributed by atoms with Crippen LogP contribution < -0.4 is 14.7 Å². The number of unbranched alkanes of at least 4 members (excludes halogenated alkanes) is 1. The second kappa shape index (κ2) is 6.91. The Morgan fingerprint density at radius 3 is 2.76 bits per heavy atom. The normalized spacial score (nSPS) is 12.1. The third-order valence-corrected chi connectivity index (χ3v) is 2.54. The van der Waals surface area contributed by atoms with Crippen LogP contribution in [0.4, 0.5) is 0 Å². The van der Waals surface area contributed by atoms with E-state index in [9.17, 15) is 9.90 Å². The van der Waals surface area contributed by atoms with Gasteiger partial charge in [-0.25, -0.2) is 0 Å². The lowest BCUT2D eigenvalue weighted by Crippen LogP contribution is -3.09. The lowest BCUT2D eigenvalue weighted by Gasteiger charge is -2.16. The molecule has 94 valence electrons. The van der Waals surface area contributed by atoms with Crippen molar-refractivity contribution in [3.63, 3.8) is 0 Å². The summed E-state index contributed by atoms with van der Waals surface area (Å²) in [5.41, 5.74) is 0.107. The highest BCUT2D eigenvalue weighted by Gasteiger charge is 2.06. The Bertz CT molecular complexity index is 365. The Labute approximate surface area is 102 Å². The molecule has 0 radical (unpaired) electrons. The fraction of sp³-hybridized carbons (Fsp3) is 0.462. The number of carboxylic acid groups (broad SMARTS) is 1. The highest BCUT2D eigenvalue weighted by atomic mass is 16.5. The Morgan fingerprint density at radius 1 is 1.41 bits per heavy atom. The van der Waals surface area contributed by atoms with Gasteiger partial charge in [0.2, 0.25) is 6.73 Å². The van der Waals surface area contributed by atoms with Crippen molar-refractivity contribution in [2.45, 2.75) is 19.8 Å². The monoisotopic (exact) mass is 237 g/mol. The highest BCUT2D eigenvalue weighted by molar-refractivity contribution is 5.89. The van der Waals surface area contributed by atoms with Crippen LogP contribution >= 0.6 is 0 Å². The molecule has 4 heteroatoms. The number of quaternary nitrogens is 1. The second-order valence-corrected chi connectivity index (χ2v) is 4.13. The number of carbonyl (C=O) groups is 1. The molecule has 0 aromatic heterocycles. The summed E-state index contributed by atoms with van der Waals surface area (Å²) < 4.78 is 5.50. The number of aromatic carboxylic acids is 1. The van der Waals surface area contributed by atoms with Gasteiger partial charge < -0.3 is 19.5 Å². The molecule has 0 saturated heterocycles. The first-order valence-electron chi connectivity index (χ1n) is 5.89. The highest BCUT2D eigenvalue weighted by Crippen LogP contribution is 2.15. The van der Waals surface area contributed by atoms with Gasteiger partial charge in [-0.2, -0.15) is 0 Å². The van der Waals surface area contributed by atoms with E-state index in [4.69, 9.17) is 4.74 Å². The number of nitrogens with one attached hydrogen (secondary N) is 1. The standard InChI is InChI=1S/C13H19NO3/c1-3-4-9-14(2)10-17-12-8-6-5-7-11(12)13(15)16/h5-8H,3-4,9-10H2,1-2H3,(H,15,16). The van der Waals surface area contributed by atoms with Gasteiger partial charge in [0.1, 0.15) is 5.75 Å². The molecule has 1 aromatic carbocycles. The van der Waals surface area contributed by atoms with Crippen LogP contribution in [0.25, 0.3) is 0 Å². The van der Waals surface area contributed by atoms with E-state index >= 15 is 0 Å². The number of carboxylic acids is 1. The molecular formula is C13H19NO3. The van der Waals surface area contributed by atoms with E-state index in [1.54, 1.807) is 18.2 Å². The molecule has 0 fully saturated rings. The first-order chi connectivity index (χ1) is 8.15. The quantitative estimate of drug-likeness (QED) is 0.663. The molecular weight excluding hydrogens is 218 g/mol. The topological polar surface area (TPSA) is 53.8 Å². The van der Waals surface area contributed by atoms with Gasteiger partial charge in [0.05, 0.1) is 19.6 Å². The molecule has 1 unspecified atom stereocenters. The van der Waals surface area contributed by atoms with E-state index in [0.29, 0.717) is 12.5 Å². The fourth-order valence-electron chi connectivity index (χ4n) is 1.51. The van der Waals surface area contributed by atoms with Crippen LogP contribution in [0.15, 0.2) is 24.3 Å². The first-order valence-corrected chi connectivity index (χ1v) is 5.89. The minimum Gasteiger partial charge on any atom is -0.545 e. The van der Waals surface area contributed by atoms with E-state index < -0.39 is 5.97 Å². The molecule has 17 heavy (non-hydrogen) atoms. The Kier molecular flexibility index (Phi) is 5.49. The molecule has 0 aliphatic heterocycles. The van der Waals surface area contributed by atoms with Crippen LogP contribution in [0.3, 0.4) is 0 Å².